The van der Waals surface area contributed by atoms with Crippen LogP contribution in [0.15, 0.2) is 47.4 Å². The van der Waals surface area contributed by atoms with Crippen molar-refractivity contribution in [1.29, 1.82) is 0 Å². The highest BCUT2D eigenvalue weighted by Gasteiger charge is 2.48. The molecule has 1 aliphatic carbocycles. The van der Waals surface area contributed by atoms with Crippen molar-refractivity contribution < 1.29 is 45.0 Å². The molecule has 1 aliphatic heterocycles. The summed E-state index contributed by atoms with van der Waals surface area (Å²) in [5, 5.41) is 4.82. The summed E-state index contributed by atoms with van der Waals surface area (Å²) in [6.45, 7) is 1.02. The van der Waals surface area contributed by atoms with Crippen LogP contribution in [0, 0.1) is 11.7 Å². The van der Waals surface area contributed by atoms with Crippen molar-refractivity contribution in [3.63, 3.8) is 0 Å². The molecular weight excluding hydrogens is 558 g/mol. The van der Waals surface area contributed by atoms with Gasteiger partial charge in [-0.05, 0) is 55.3 Å². The summed E-state index contributed by atoms with van der Waals surface area (Å²) in [5.74, 6) is -1.75. The number of anilines is 2. The lowest BCUT2D eigenvalue weighted by molar-refractivity contribution is -0.220. The number of alkyl halides is 3. The first-order valence-corrected chi connectivity index (χ1v) is 14.2. The van der Waals surface area contributed by atoms with Crippen molar-refractivity contribution in [3.05, 3.63) is 48.3 Å². The smallest absolute Gasteiger partial charge is 0.425 e. The minimum Gasteiger partial charge on any atom is -0.484 e. The molecule has 2 aromatic carbocycles. The van der Waals surface area contributed by atoms with E-state index in [9.17, 15) is 35.6 Å². The van der Waals surface area contributed by atoms with Crippen LogP contribution < -0.4 is 19.7 Å². The first kappa shape index (κ1) is 29.4. The molecule has 0 bridgehead atoms. The van der Waals surface area contributed by atoms with Crippen LogP contribution >= 0.6 is 0 Å². The van der Waals surface area contributed by atoms with Crippen LogP contribution in [-0.4, -0.2) is 51.9 Å². The number of hydrogen-bond acceptors (Lipinski definition) is 6. The summed E-state index contributed by atoms with van der Waals surface area (Å²) < 4.78 is 93.3. The number of benzene rings is 2. The number of carbonyl (C=O) groups excluding carboxylic acids is 2. The van der Waals surface area contributed by atoms with Crippen LogP contribution in [0.4, 0.5) is 33.7 Å². The van der Waals surface area contributed by atoms with E-state index in [1.807, 2.05) is 0 Å². The Balaban J connectivity index is 1.60. The lowest BCUT2D eigenvalue weighted by Crippen LogP contribution is -2.48. The number of nitrogens with zero attached hydrogens (tertiary/aromatic N) is 1. The van der Waals surface area contributed by atoms with Crippen molar-refractivity contribution in [3.8, 4) is 5.75 Å². The maximum atomic E-state index is 13.7. The fourth-order valence-electron chi connectivity index (χ4n) is 4.84. The van der Waals surface area contributed by atoms with Gasteiger partial charge in [-0.25, -0.2) is 17.6 Å². The van der Waals surface area contributed by atoms with Gasteiger partial charge in [-0.15, -0.1) is 0 Å². The van der Waals surface area contributed by atoms with Crippen LogP contribution in [-0.2, 0) is 19.6 Å². The van der Waals surface area contributed by atoms with Crippen molar-refractivity contribution in [2.45, 2.75) is 62.3 Å². The molecule has 9 nitrogen and oxygen atoms in total. The van der Waals surface area contributed by atoms with Crippen LogP contribution in [0.1, 0.15) is 39.0 Å². The van der Waals surface area contributed by atoms with E-state index >= 15 is 0 Å². The molecule has 40 heavy (non-hydrogen) atoms. The van der Waals surface area contributed by atoms with E-state index in [-0.39, 0.29) is 41.0 Å². The number of fused-ring (bicyclic) bond motifs is 1. The monoisotopic (exact) mass is 587 g/mol. The topological polar surface area (TPSA) is 114 Å². The molecule has 2 N–H and O–H groups in total. The van der Waals surface area contributed by atoms with Gasteiger partial charge in [0, 0.05) is 18.5 Å². The third kappa shape index (κ3) is 6.95. The molecular formula is C26H29F4N3O6S. The average Bonchev–Trinajstić information content (AvgIpc) is 2.90. The zero-order chi connectivity index (χ0) is 29.1. The third-order valence-corrected chi connectivity index (χ3v) is 8.55. The highest BCUT2D eigenvalue weighted by Crippen LogP contribution is 2.40. The predicted octanol–water partition coefficient (Wildman–Crippen LogP) is 4.98. The molecule has 4 rings (SSSR count). The second kappa shape index (κ2) is 11.9. The number of halogens is 4. The molecule has 1 heterocycles. The maximum Gasteiger partial charge on any atom is 0.425 e. The summed E-state index contributed by atoms with van der Waals surface area (Å²) in [5.41, 5.74) is -0.0441. The van der Waals surface area contributed by atoms with E-state index in [1.54, 1.807) is 0 Å². The SMILES string of the molecule is CC(=O)NC[C@H]1CN(S(=O)(=O)c2ccc(F)cc2)c2cc(NC(=O)OC(C3CCCCC3)C(F)(F)F)ccc2O1. The lowest BCUT2D eigenvalue weighted by Gasteiger charge is -2.36. The zero-order valence-corrected chi connectivity index (χ0v) is 22.4. The lowest BCUT2D eigenvalue weighted by atomic mass is 9.85. The highest BCUT2D eigenvalue weighted by molar-refractivity contribution is 7.92. The van der Waals surface area contributed by atoms with Gasteiger partial charge in [0.1, 0.15) is 17.7 Å². The summed E-state index contributed by atoms with van der Waals surface area (Å²) >= 11 is 0. The molecule has 1 fully saturated rings. The average molecular weight is 588 g/mol. The van der Waals surface area contributed by atoms with E-state index in [4.69, 9.17) is 9.47 Å². The second-order valence-electron chi connectivity index (χ2n) is 9.74. The second-order valence-corrected chi connectivity index (χ2v) is 11.6. The van der Waals surface area contributed by atoms with E-state index in [0.717, 1.165) is 35.0 Å². The molecule has 1 saturated carbocycles. The van der Waals surface area contributed by atoms with Crippen LogP contribution in [0.25, 0.3) is 0 Å². The Morgan fingerprint density at radius 2 is 1.77 bits per heavy atom. The molecule has 2 amide bonds. The first-order chi connectivity index (χ1) is 18.8. The van der Waals surface area contributed by atoms with Crippen molar-refractivity contribution in [2.75, 3.05) is 22.7 Å². The van der Waals surface area contributed by atoms with Gasteiger partial charge in [0.2, 0.25) is 12.0 Å². The van der Waals surface area contributed by atoms with Crippen molar-refractivity contribution in [2.24, 2.45) is 5.92 Å². The molecule has 2 aliphatic rings. The number of sulfonamides is 1. The van der Waals surface area contributed by atoms with Gasteiger partial charge in [0.15, 0.2) is 0 Å². The number of amides is 2. The Morgan fingerprint density at radius 1 is 1.10 bits per heavy atom. The minimum absolute atomic E-state index is 0.0131. The third-order valence-electron chi connectivity index (χ3n) is 6.75. The quantitative estimate of drug-likeness (QED) is 0.442. The molecule has 0 aromatic heterocycles. The van der Waals surface area contributed by atoms with Gasteiger partial charge < -0.3 is 14.8 Å². The van der Waals surface area contributed by atoms with Gasteiger partial charge in [-0.3, -0.25) is 14.4 Å². The van der Waals surface area contributed by atoms with Gasteiger partial charge in [-0.2, -0.15) is 13.2 Å². The molecule has 218 valence electrons. The van der Waals surface area contributed by atoms with E-state index in [1.165, 1.54) is 25.1 Å². The number of ether oxygens (including phenoxy) is 2. The maximum absolute atomic E-state index is 13.7. The van der Waals surface area contributed by atoms with Gasteiger partial charge >= 0.3 is 12.3 Å². The fraction of sp³-hybridized carbons (Fsp3) is 0.462. The Hall–Kier alpha value is -3.55. The Labute approximate surface area is 228 Å². The number of nitrogens with one attached hydrogen (secondary N) is 2. The van der Waals surface area contributed by atoms with Crippen LogP contribution in [0.5, 0.6) is 5.75 Å². The van der Waals surface area contributed by atoms with E-state index in [0.29, 0.717) is 25.7 Å². The highest BCUT2D eigenvalue weighted by atomic mass is 32.2. The van der Waals surface area contributed by atoms with Gasteiger partial charge in [0.05, 0.1) is 23.7 Å². The predicted molar refractivity (Wildman–Crippen MR) is 137 cm³/mol. The molecule has 0 saturated heterocycles. The molecule has 0 radical (unpaired) electrons. The zero-order valence-electron chi connectivity index (χ0n) is 21.5. The largest absolute Gasteiger partial charge is 0.484 e. The van der Waals surface area contributed by atoms with Crippen LogP contribution in [0.3, 0.4) is 0 Å². The van der Waals surface area contributed by atoms with Gasteiger partial charge in [0.25, 0.3) is 10.0 Å². The molecule has 2 aromatic rings. The molecule has 1 unspecified atom stereocenters. The normalized spacial score (nSPS) is 18.7. The number of rotatable bonds is 7. The summed E-state index contributed by atoms with van der Waals surface area (Å²) in [6, 6.07) is 8.05. The summed E-state index contributed by atoms with van der Waals surface area (Å²) in [7, 11) is -4.28. The Kier molecular flexibility index (Phi) is 8.76. The van der Waals surface area contributed by atoms with E-state index in [2.05, 4.69) is 10.6 Å². The Morgan fingerprint density at radius 3 is 2.40 bits per heavy atom. The van der Waals surface area contributed by atoms with Crippen LogP contribution in [0.2, 0.25) is 0 Å². The van der Waals surface area contributed by atoms with E-state index < -0.39 is 46.2 Å². The number of hydrogen-bond donors (Lipinski definition) is 2. The number of carbonyl (C=O) groups is 2. The fourth-order valence-corrected chi connectivity index (χ4v) is 6.34. The molecule has 0 spiro atoms. The molecule has 2 atom stereocenters. The summed E-state index contributed by atoms with van der Waals surface area (Å²) in [6.07, 6.45) is -6.48. The minimum atomic E-state index is -4.74. The first-order valence-electron chi connectivity index (χ1n) is 12.7. The molecule has 14 heteroatoms. The van der Waals surface area contributed by atoms with Gasteiger partial charge in [-0.1, -0.05) is 19.3 Å². The standard InChI is InChI=1S/C26H29F4N3O6S/c1-16(34)31-14-20-15-33(40(36,37)21-10-7-18(27)8-11-21)22-13-19(9-12-23(22)38-20)32-25(35)39-24(26(28,29)30)17-5-3-2-4-6-17/h7-13,17,20,24H,2-6,14-15H2,1H3,(H,31,34)(H,32,35)/t20-,24?/m0/s1. The summed E-state index contributed by atoms with van der Waals surface area (Å²) in [4.78, 5) is 23.7. The van der Waals surface area contributed by atoms with Crippen molar-refractivity contribution >= 4 is 33.4 Å². The Bertz CT molecular complexity index is 1330. The van der Waals surface area contributed by atoms with Crippen molar-refractivity contribution in [1.82, 2.24) is 5.32 Å².